The first-order valence-electron chi connectivity index (χ1n) is 10.9. The quantitative estimate of drug-likeness (QED) is 0.527. The van der Waals surface area contributed by atoms with E-state index < -0.39 is 0 Å². The van der Waals surface area contributed by atoms with Gasteiger partial charge in [0.25, 0.3) is 0 Å². The second kappa shape index (κ2) is 11.1. The molecule has 4 rings (SSSR count). The lowest BCUT2D eigenvalue weighted by atomic mass is 10.1. The van der Waals surface area contributed by atoms with Crippen molar-refractivity contribution in [3.8, 4) is 0 Å². The van der Waals surface area contributed by atoms with E-state index in [2.05, 4.69) is 29.0 Å². The Kier molecular flexibility index (Phi) is 8.90. The normalized spacial score (nSPS) is 15.9. The van der Waals surface area contributed by atoms with E-state index in [1.165, 1.54) is 5.56 Å². The molecule has 0 bridgehead atoms. The second-order valence-electron chi connectivity index (χ2n) is 6.68. The monoisotopic (exact) mass is 416 g/mol. The highest BCUT2D eigenvalue weighted by molar-refractivity contribution is 6.28. The Labute approximate surface area is 180 Å². The van der Waals surface area contributed by atoms with Crippen LogP contribution in [-0.2, 0) is 13.0 Å². The average Bonchev–Trinajstić information content (AvgIpc) is 3.30. The topological polar surface area (TPSA) is 49.3 Å². The van der Waals surface area contributed by atoms with Crippen LogP contribution in [0.2, 0.25) is 5.28 Å². The highest BCUT2D eigenvalue weighted by atomic mass is 35.5. The SMILES string of the molecule is CC.CC.CCc1ccc(N2Cc3cnc(Cl)nc3N(C3CCCC3)C2=O)cc1. The molecule has 0 atom stereocenters. The van der Waals surface area contributed by atoms with Crippen LogP contribution in [0.15, 0.2) is 30.5 Å². The van der Waals surface area contributed by atoms with E-state index in [4.69, 9.17) is 11.6 Å². The maximum atomic E-state index is 13.3. The number of amides is 2. The van der Waals surface area contributed by atoms with Crippen molar-refractivity contribution in [2.75, 3.05) is 9.80 Å². The Morgan fingerprint density at radius 1 is 1.07 bits per heavy atom. The molecule has 2 amide bonds. The molecule has 0 saturated heterocycles. The predicted molar refractivity (Wildman–Crippen MR) is 122 cm³/mol. The lowest BCUT2D eigenvalue weighted by Crippen LogP contribution is -2.51. The molecule has 1 saturated carbocycles. The van der Waals surface area contributed by atoms with E-state index in [0.717, 1.165) is 43.4 Å². The first kappa shape index (κ1) is 23.1. The standard InChI is InChI=1S/C19H21ClN4O.2C2H6/c1-2-13-7-9-15(10-8-13)23-12-14-11-21-18(20)22-17(14)24(19(23)25)16-5-3-4-6-16;2*1-2/h7-11,16H,2-6,12H2,1H3;2*1-2H3. The van der Waals surface area contributed by atoms with Crippen LogP contribution < -0.4 is 9.80 Å². The van der Waals surface area contributed by atoms with Crippen LogP contribution >= 0.6 is 11.6 Å². The molecule has 158 valence electrons. The number of nitrogens with zero attached hydrogens (tertiary/aromatic N) is 4. The molecular formula is C23H33ClN4O. The van der Waals surface area contributed by atoms with Crippen LogP contribution in [0.25, 0.3) is 0 Å². The Morgan fingerprint density at radius 3 is 2.28 bits per heavy atom. The van der Waals surface area contributed by atoms with E-state index in [1.54, 1.807) is 6.20 Å². The van der Waals surface area contributed by atoms with Gasteiger partial charge in [-0.25, -0.2) is 9.78 Å². The van der Waals surface area contributed by atoms with Crippen LogP contribution in [0.1, 0.15) is 71.4 Å². The molecule has 0 unspecified atom stereocenters. The van der Waals surface area contributed by atoms with Crippen molar-refractivity contribution in [3.63, 3.8) is 0 Å². The Balaban J connectivity index is 0.000000707. The molecule has 1 aromatic heterocycles. The molecule has 2 aromatic rings. The van der Waals surface area contributed by atoms with Gasteiger partial charge in [-0.15, -0.1) is 0 Å². The molecule has 1 fully saturated rings. The average molecular weight is 417 g/mol. The van der Waals surface area contributed by atoms with Gasteiger partial charge in [0.05, 0.1) is 6.54 Å². The summed E-state index contributed by atoms with van der Waals surface area (Å²) in [6.07, 6.45) is 7.04. The van der Waals surface area contributed by atoms with Crippen molar-refractivity contribution in [1.82, 2.24) is 9.97 Å². The maximum absolute atomic E-state index is 13.3. The zero-order chi connectivity index (χ0) is 21.4. The first-order chi connectivity index (χ1) is 14.2. The van der Waals surface area contributed by atoms with Crippen molar-refractivity contribution in [2.24, 2.45) is 0 Å². The molecular weight excluding hydrogens is 384 g/mol. The summed E-state index contributed by atoms with van der Waals surface area (Å²) in [5, 5.41) is 0.190. The van der Waals surface area contributed by atoms with E-state index in [9.17, 15) is 4.79 Å². The predicted octanol–water partition coefficient (Wildman–Crippen LogP) is 6.63. The summed E-state index contributed by atoms with van der Waals surface area (Å²) in [5.74, 6) is 0.679. The third-order valence-corrected chi connectivity index (χ3v) is 5.33. The third-order valence-electron chi connectivity index (χ3n) is 5.15. The lowest BCUT2D eigenvalue weighted by molar-refractivity contribution is 0.247. The van der Waals surface area contributed by atoms with Crippen molar-refractivity contribution in [3.05, 3.63) is 46.9 Å². The first-order valence-corrected chi connectivity index (χ1v) is 11.3. The summed E-state index contributed by atoms with van der Waals surface area (Å²) in [7, 11) is 0. The lowest BCUT2D eigenvalue weighted by Gasteiger charge is -2.39. The van der Waals surface area contributed by atoms with Crippen LogP contribution in [-0.4, -0.2) is 22.0 Å². The fourth-order valence-electron chi connectivity index (χ4n) is 3.76. The Hall–Kier alpha value is -2.14. The van der Waals surface area contributed by atoms with Gasteiger partial charge >= 0.3 is 6.03 Å². The Morgan fingerprint density at radius 2 is 1.69 bits per heavy atom. The number of urea groups is 1. The third kappa shape index (κ3) is 5.08. The minimum absolute atomic E-state index is 0.0154. The summed E-state index contributed by atoms with van der Waals surface area (Å²) >= 11 is 6.01. The highest BCUT2D eigenvalue weighted by Gasteiger charge is 2.38. The van der Waals surface area contributed by atoms with Gasteiger partial charge in [0.15, 0.2) is 0 Å². The van der Waals surface area contributed by atoms with E-state index >= 15 is 0 Å². The van der Waals surface area contributed by atoms with Crippen LogP contribution in [0.4, 0.5) is 16.3 Å². The minimum atomic E-state index is -0.0154. The number of aryl methyl sites for hydroxylation is 1. The van der Waals surface area contributed by atoms with Crippen molar-refractivity contribution in [2.45, 2.75) is 79.3 Å². The van der Waals surface area contributed by atoms with Gasteiger partial charge in [-0.3, -0.25) is 9.80 Å². The number of hydrogen-bond acceptors (Lipinski definition) is 3. The summed E-state index contributed by atoms with van der Waals surface area (Å²) in [5.41, 5.74) is 3.11. The second-order valence-corrected chi connectivity index (χ2v) is 7.02. The zero-order valence-electron chi connectivity index (χ0n) is 18.3. The van der Waals surface area contributed by atoms with Gasteiger partial charge in [0.2, 0.25) is 5.28 Å². The molecule has 2 aliphatic rings. The smallest absolute Gasteiger partial charge is 0.289 e. The number of benzene rings is 1. The van der Waals surface area contributed by atoms with Crippen molar-refractivity contribution < 1.29 is 4.79 Å². The van der Waals surface area contributed by atoms with E-state index in [-0.39, 0.29) is 17.4 Å². The number of hydrogen-bond donors (Lipinski definition) is 0. The Bertz CT molecular complexity index is 788. The minimum Gasteiger partial charge on any atom is -0.289 e. The number of anilines is 2. The molecule has 29 heavy (non-hydrogen) atoms. The molecule has 0 spiro atoms. The number of rotatable bonds is 3. The van der Waals surface area contributed by atoms with Gasteiger partial charge in [-0.05, 0) is 48.6 Å². The zero-order valence-corrected chi connectivity index (χ0v) is 19.0. The van der Waals surface area contributed by atoms with Crippen molar-refractivity contribution in [1.29, 1.82) is 0 Å². The summed E-state index contributed by atoms with van der Waals surface area (Å²) in [6, 6.07) is 8.37. The van der Waals surface area contributed by atoms with Crippen LogP contribution in [0, 0.1) is 0 Å². The van der Waals surface area contributed by atoms with Crippen LogP contribution in [0.3, 0.4) is 0 Å². The fourth-order valence-corrected chi connectivity index (χ4v) is 3.89. The fraction of sp³-hybridized carbons (Fsp3) is 0.522. The molecule has 2 heterocycles. The number of aromatic nitrogens is 2. The van der Waals surface area contributed by atoms with Gasteiger partial charge in [0.1, 0.15) is 5.82 Å². The summed E-state index contributed by atoms with van der Waals surface area (Å²) < 4.78 is 0. The van der Waals surface area contributed by atoms with Crippen LogP contribution in [0.5, 0.6) is 0 Å². The molecule has 5 nitrogen and oxygen atoms in total. The molecule has 1 aliphatic heterocycles. The van der Waals surface area contributed by atoms with E-state index in [1.807, 2.05) is 49.6 Å². The number of carbonyl (C=O) groups excluding carboxylic acids is 1. The van der Waals surface area contributed by atoms with E-state index in [0.29, 0.717) is 12.4 Å². The van der Waals surface area contributed by atoms with Crippen molar-refractivity contribution >= 4 is 29.1 Å². The molecule has 1 aromatic carbocycles. The van der Waals surface area contributed by atoms with Gasteiger partial charge in [-0.1, -0.05) is 59.6 Å². The summed E-state index contributed by atoms with van der Waals surface area (Å²) in [4.78, 5) is 25.4. The van der Waals surface area contributed by atoms with Gasteiger partial charge in [0, 0.05) is 23.5 Å². The largest absolute Gasteiger partial charge is 0.330 e. The molecule has 0 radical (unpaired) electrons. The number of fused-ring (bicyclic) bond motifs is 1. The number of carbonyl (C=O) groups is 1. The summed E-state index contributed by atoms with van der Waals surface area (Å²) in [6.45, 7) is 10.6. The van der Waals surface area contributed by atoms with Gasteiger partial charge in [-0.2, -0.15) is 4.98 Å². The molecule has 6 heteroatoms. The number of halogens is 1. The maximum Gasteiger partial charge on any atom is 0.330 e. The molecule has 0 N–H and O–H groups in total. The molecule has 1 aliphatic carbocycles. The highest BCUT2D eigenvalue weighted by Crippen LogP contribution is 2.36. The van der Waals surface area contributed by atoms with Gasteiger partial charge < -0.3 is 0 Å².